The van der Waals surface area contributed by atoms with Crippen LogP contribution >= 0.6 is 11.6 Å². The second-order valence-corrected chi connectivity index (χ2v) is 6.16. The first-order valence-electron chi connectivity index (χ1n) is 5.51. The van der Waals surface area contributed by atoms with E-state index >= 15 is 0 Å². The SMILES string of the molecule is CC(NS(=O)(=O)c1ccc(Cl)cc1N)c1ccco1. The van der Waals surface area contributed by atoms with Crippen LogP contribution in [0.1, 0.15) is 18.7 Å². The predicted molar refractivity (Wildman–Crippen MR) is 73.3 cm³/mol. The topological polar surface area (TPSA) is 85.3 Å². The van der Waals surface area contributed by atoms with E-state index in [1.54, 1.807) is 19.1 Å². The summed E-state index contributed by atoms with van der Waals surface area (Å²) in [6, 6.07) is 7.14. The summed E-state index contributed by atoms with van der Waals surface area (Å²) >= 11 is 5.74. The van der Waals surface area contributed by atoms with Gasteiger partial charge in [0.2, 0.25) is 10.0 Å². The number of nitrogens with one attached hydrogen (secondary N) is 1. The number of hydrogen-bond acceptors (Lipinski definition) is 4. The van der Waals surface area contributed by atoms with Crippen LogP contribution in [0.2, 0.25) is 5.02 Å². The van der Waals surface area contributed by atoms with Crippen molar-refractivity contribution in [2.45, 2.75) is 17.9 Å². The lowest BCUT2D eigenvalue weighted by atomic mass is 10.3. The number of anilines is 1. The molecule has 1 heterocycles. The Balaban J connectivity index is 2.28. The molecule has 1 atom stereocenters. The minimum absolute atomic E-state index is 0.00435. The monoisotopic (exact) mass is 300 g/mol. The fraction of sp³-hybridized carbons (Fsp3) is 0.167. The maximum atomic E-state index is 12.2. The zero-order valence-corrected chi connectivity index (χ0v) is 11.7. The molecule has 0 bridgehead atoms. The Labute approximate surface area is 116 Å². The van der Waals surface area contributed by atoms with E-state index < -0.39 is 16.1 Å². The van der Waals surface area contributed by atoms with Gasteiger partial charge in [0.15, 0.2) is 0 Å². The number of furan rings is 1. The lowest BCUT2D eigenvalue weighted by Gasteiger charge is -2.13. The third-order valence-electron chi connectivity index (χ3n) is 2.56. The summed E-state index contributed by atoms with van der Waals surface area (Å²) in [4.78, 5) is -0.00435. The van der Waals surface area contributed by atoms with E-state index in [2.05, 4.69) is 4.72 Å². The molecule has 1 unspecified atom stereocenters. The molecule has 19 heavy (non-hydrogen) atoms. The molecule has 2 rings (SSSR count). The second-order valence-electron chi connectivity index (χ2n) is 4.04. The van der Waals surface area contributed by atoms with Crippen molar-refractivity contribution in [2.75, 3.05) is 5.73 Å². The molecule has 0 fully saturated rings. The molecule has 0 aliphatic carbocycles. The standard InChI is InChI=1S/C12H13ClN2O3S/c1-8(11-3-2-6-18-11)15-19(16,17)12-5-4-9(13)7-10(12)14/h2-8,15H,14H2,1H3. The van der Waals surface area contributed by atoms with Crippen molar-refractivity contribution in [1.82, 2.24) is 4.72 Å². The number of benzene rings is 1. The molecular weight excluding hydrogens is 288 g/mol. The molecular formula is C12H13ClN2O3S. The van der Waals surface area contributed by atoms with Crippen molar-refractivity contribution in [1.29, 1.82) is 0 Å². The highest BCUT2D eigenvalue weighted by molar-refractivity contribution is 7.89. The number of sulfonamides is 1. The van der Waals surface area contributed by atoms with Gasteiger partial charge >= 0.3 is 0 Å². The van der Waals surface area contributed by atoms with Crippen LogP contribution in [0.5, 0.6) is 0 Å². The van der Waals surface area contributed by atoms with E-state index in [0.717, 1.165) is 0 Å². The van der Waals surface area contributed by atoms with Crippen molar-refractivity contribution in [3.8, 4) is 0 Å². The number of halogens is 1. The molecule has 0 amide bonds. The van der Waals surface area contributed by atoms with Gasteiger partial charge in [0.05, 0.1) is 18.0 Å². The highest BCUT2D eigenvalue weighted by atomic mass is 35.5. The lowest BCUT2D eigenvalue weighted by molar-refractivity contribution is 0.459. The first-order valence-corrected chi connectivity index (χ1v) is 7.37. The van der Waals surface area contributed by atoms with Crippen LogP contribution in [0.3, 0.4) is 0 Å². The van der Waals surface area contributed by atoms with Crippen molar-refractivity contribution in [3.63, 3.8) is 0 Å². The van der Waals surface area contributed by atoms with E-state index in [-0.39, 0.29) is 10.6 Å². The summed E-state index contributed by atoms with van der Waals surface area (Å²) in [5, 5.41) is 0.385. The van der Waals surface area contributed by atoms with Crippen LogP contribution in [-0.4, -0.2) is 8.42 Å². The van der Waals surface area contributed by atoms with E-state index in [1.165, 1.54) is 24.5 Å². The van der Waals surface area contributed by atoms with Gasteiger partial charge in [-0.25, -0.2) is 13.1 Å². The summed E-state index contributed by atoms with van der Waals surface area (Å²) in [5.74, 6) is 0.524. The van der Waals surface area contributed by atoms with E-state index in [0.29, 0.717) is 10.8 Å². The Morgan fingerprint density at radius 1 is 1.37 bits per heavy atom. The molecule has 0 saturated heterocycles. The quantitative estimate of drug-likeness (QED) is 0.850. The molecule has 102 valence electrons. The van der Waals surface area contributed by atoms with Crippen molar-refractivity contribution in [2.24, 2.45) is 0 Å². The van der Waals surface area contributed by atoms with Gasteiger partial charge in [-0.1, -0.05) is 11.6 Å². The smallest absolute Gasteiger partial charge is 0.243 e. The molecule has 5 nitrogen and oxygen atoms in total. The van der Waals surface area contributed by atoms with E-state index in [9.17, 15) is 8.42 Å². The Bertz CT molecular complexity index is 668. The third kappa shape index (κ3) is 3.09. The first kappa shape index (κ1) is 13.9. The average molecular weight is 301 g/mol. The fourth-order valence-electron chi connectivity index (χ4n) is 1.66. The molecule has 7 heteroatoms. The number of hydrogen-bond donors (Lipinski definition) is 2. The second kappa shape index (κ2) is 5.24. The summed E-state index contributed by atoms with van der Waals surface area (Å²) in [6.07, 6.45) is 1.48. The predicted octanol–water partition coefficient (Wildman–Crippen LogP) is 2.55. The molecule has 0 radical (unpaired) electrons. The maximum Gasteiger partial charge on any atom is 0.243 e. The molecule has 0 aliphatic rings. The zero-order valence-electron chi connectivity index (χ0n) is 10.1. The highest BCUT2D eigenvalue weighted by Crippen LogP contribution is 2.24. The molecule has 1 aromatic carbocycles. The van der Waals surface area contributed by atoms with Gasteiger partial charge < -0.3 is 10.2 Å². The number of nitrogen functional groups attached to an aromatic ring is 1. The van der Waals surface area contributed by atoms with Gasteiger partial charge in [-0.3, -0.25) is 0 Å². The van der Waals surface area contributed by atoms with Crippen LogP contribution in [0.15, 0.2) is 45.9 Å². The molecule has 2 aromatic rings. The van der Waals surface area contributed by atoms with E-state index in [1.807, 2.05) is 0 Å². The number of nitrogens with two attached hydrogens (primary N) is 1. The normalized spacial score (nSPS) is 13.4. The largest absolute Gasteiger partial charge is 0.468 e. The molecule has 0 saturated carbocycles. The molecule has 0 aliphatic heterocycles. The average Bonchev–Trinajstić information content (AvgIpc) is 2.80. The van der Waals surface area contributed by atoms with Crippen LogP contribution < -0.4 is 10.5 Å². The van der Waals surface area contributed by atoms with Crippen molar-refractivity contribution >= 4 is 27.3 Å². The zero-order chi connectivity index (χ0) is 14.0. The lowest BCUT2D eigenvalue weighted by Crippen LogP contribution is -2.27. The summed E-state index contributed by atoms with van der Waals surface area (Å²) in [5.41, 5.74) is 5.78. The molecule has 0 spiro atoms. The van der Waals surface area contributed by atoms with Crippen molar-refractivity contribution in [3.05, 3.63) is 47.4 Å². The maximum absolute atomic E-state index is 12.2. The van der Waals surface area contributed by atoms with Crippen LogP contribution in [0, 0.1) is 0 Å². The third-order valence-corrected chi connectivity index (χ3v) is 4.41. The Hall–Kier alpha value is -1.50. The van der Waals surface area contributed by atoms with Crippen LogP contribution in [-0.2, 0) is 10.0 Å². The molecule has 3 N–H and O–H groups in total. The summed E-state index contributed by atoms with van der Waals surface area (Å²) in [6.45, 7) is 1.68. The number of rotatable bonds is 4. The van der Waals surface area contributed by atoms with Crippen molar-refractivity contribution < 1.29 is 12.8 Å². The molecule has 1 aromatic heterocycles. The minimum atomic E-state index is -3.73. The van der Waals surface area contributed by atoms with Gasteiger partial charge in [0, 0.05) is 5.02 Å². The highest BCUT2D eigenvalue weighted by Gasteiger charge is 2.22. The van der Waals surface area contributed by atoms with Gasteiger partial charge in [-0.15, -0.1) is 0 Å². The Morgan fingerprint density at radius 2 is 2.11 bits per heavy atom. The fourth-order valence-corrected chi connectivity index (χ4v) is 3.16. The Kier molecular flexibility index (Phi) is 3.84. The summed E-state index contributed by atoms with van der Waals surface area (Å²) in [7, 11) is -3.73. The van der Waals surface area contributed by atoms with Gasteiger partial charge in [-0.2, -0.15) is 0 Å². The van der Waals surface area contributed by atoms with Crippen LogP contribution in [0.4, 0.5) is 5.69 Å². The van der Waals surface area contributed by atoms with Gasteiger partial charge in [-0.05, 0) is 37.3 Å². The van der Waals surface area contributed by atoms with E-state index in [4.69, 9.17) is 21.8 Å². The van der Waals surface area contributed by atoms with Gasteiger partial charge in [0.25, 0.3) is 0 Å². The Morgan fingerprint density at radius 3 is 2.68 bits per heavy atom. The minimum Gasteiger partial charge on any atom is -0.468 e. The van der Waals surface area contributed by atoms with Crippen LogP contribution in [0.25, 0.3) is 0 Å². The first-order chi connectivity index (χ1) is 8.90. The van der Waals surface area contributed by atoms with Gasteiger partial charge in [0.1, 0.15) is 10.7 Å². The summed E-state index contributed by atoms with van der Waals surface area (Å²) < 4.78 is 32.0.